The third kappa shape index (κ3) is 3.23. The summed E-state index contributed by atoms with van der Waals surface area (Å²) in [4.78, 5) is 3.11. The van der Waals surface area contributed by atoms with E-state index in [9.17, 15) is 8.42 Å². The molecule has 1 atom stereocenters. The van der Waals surface area contributed by atoms with E-state index >= 15 is 0 Å². The number of benzene rings is 1. The lowest BCUT2D eigenvalue weighted by atomic mass is 10.2. The van der Waals surface area contributed by atoms with Crippen LogP contribution < -0.4 is 5.32 Å². The van der Waals surface area contributed by atoms with Gasteiger partial charge in [0.25, 0.3) is 0 Å². The summed E-state index contributed by atoms with van der Waals surface area (Å²) in [6, 6.07) is 7.82. The highest BCUT2D eigenvalue weighted by molar-refractivity contribution is 7.90. The first kappa shape index (κ1) is 12.0. The fourth-order valence-corrected chi connectivity index (χ4v) is 2.91. The minimum absolute atomic E-state index is 0.0959. The van der Waals surface area contributed by atoms with E-state index in [2.05, 4.69) is 10.3 Å². The Hall–Kier alpha value is -1.49. The number of fused-ring (bicyclic) bond motifs is 1. The molecule has 0 amide bonds. The van der Waals surface area contributed by atoms with E-state index in [4.69, 9.17) is 0 Å². The Morgan fingerprint density at radius 3 is 2.82 bits per heavy atom. The third-order valence-corrected chi connectivity index (χ3v) is 3.62. The Labute approximate surface area is 101 Å². The van der Waals surface area contributed by atoms with Gasteiger partial charge in [-0.1, -0.05) is 0 Å². The van der Waals surface area contributed by atoms with Gasteiger partial charge in [-0.05, 0) is 31.2 Å². The van der Waals surface area contributed by atoms with Crippen LogP contribution in [0.3, 0.4) is 0 Å². The first-order valence-electron chi connectivity index (χ1n) is 5.45. The van der Waals surface area contributed by atoms with Crippen molar-refractivity contribution in [3.63, 3.8) is 0 Å². The maximum atomic E-state index is 11.2. The number of nitrogens with one attached hydrogen (secondary N) is 2. The van der Waals surface area contributed by atoms with Crippen molar-refractivity contribution in [3.05, 3.63) is 30.5 Å². The van der Waals surface area contributed by atoms with Crippen LogP contribution in [0.4, 0.5) is 5.69 Å². The SMILES string of the molecule is CC(CS(C)(=O)=O)Nc1ccc2[nH]ccc2c1. The van der Waals surface area contributed by atoms with E-state index in [0.29, 0.717) is 0 Å². The molecule has 0 radical (unpaired) electrons. The number of anilines is 1. The summed E-state index contributed by atoms with van der Waals surface area (Å²) in [5.74, 6) is 0.137. The average molecular weight is 252 g/mol. The van der Waals surface area contributed by atoms with Crippen molar-refractivity contribution in [1.29, 1.82) is 0 Å². The smallest absolute Gasteiger partial charge is 0.149 e. The lowest BCUT2D eigenvalue weighted by Crippen LogP contribution is -2.24. The third-order valence-electron chi connectivity index (χ3n) is 2.52. The van der Waals surface area contributed by atoms with Crippen LogP contribution in [0.5, 0.6) is 0 Å². The number of aromatic nitrogens is 1. The summed E-state index contributed by atoms with van der Waals surface area (Å²) in [5, 5.41) is 4.30. The van der Waals surface area contributed by atoms with E-state index < -0.39 is 9.84 Å². The molecule has 1 aromatic heterocycles. The first-order chi connectivity index (χ1) is 7.94. The molecule has 1 aromatic carbocycles. The molecule has 92 valence electrons. The van der Waals surface area contributed by atoms with Gasteiger partial charge in [0.1, 0.15) is 9.84 Å². The van der Waals surface area contributed by atoms with E-state index in [0.717, 1.165) is 16.6 Å². The van der Waals surface area contributed by atoms with Gasteiger partial charge in [0, 0.05) is 35.1 Å². The molecule has 2 aromatic rings. The average Bonchev–Trinajstić information content (AvgIpc) is 2.61. The summed E-state index contributed by atoms with van der Waals surface area (Å²) in [6.45, 7) is 1.86. The highest BCUT2D eigenvalue weighted by atomic mass is 32.2. The second-order valence-corrected chi connectivity index (χ2v) is 6.60. The van der Waals surface area contributed by atoms with Crippen LogP contribution in [0.2, 0.25) is 0 Å². The van der Waals surface area contributed by atoms with E-state index in [1.165, 1.54) is 6.26 Å². The van der Waals surface area contributed by atoms with E-state index in [1.807, 2.05) is 37.4 Å². The minimum Gasteiger partial charge on any atom is -0.382 e. The molecule has 5 heteroatoms. The number of H-pyrrole nitrogens is 1. The predicted octanol–water partition coefficient (Wildman–Crippen LogP) is 2.01. The van der Waals surface area contributed by atoms with Crippen LogP contribution in [0.15, 0.2) is 30.5 Å². The summed E-state index contributed by atoms with van der Waals surface area (Å²) in [7, 11) is -2.94. The molecule has 17 heavy (non-hydrogen) atoms. The molecule has 0 aliphatic rings. The molecule has 1 unspecified atom stereocenters. The summed E-state index contributed by atoms with van der Waals surface area (Å²) < 4.78 is 22.3. The van der Waals surface area contributed by atoms with Crippen molar-refractivity contribution < 1.29 is 8.42 Å². The van der Waals surface area contributed by atoms with Gasteiger partial charge in [-0.3, -0.25) is 0 Å². The minimum atomic E-state index is -2.94. The monoisotopic (exact) mass is 252 g/mol. The number of hydrogen-bond acceptors (Lipinski definition) is 3. The molecule has 2 N–H and O–H groups in total. The van der Waals surface area contributed by atoms with Crippen LogP contribution in [0, 0.1) is 0 Å². The fraction of sp³-hybridized carbons (Fsp3) is 0.333. The Balaban J connectivity index is 2.12. The van der Waals surface area contributed by atoms with Crippen molar-refractivity contribution in [2.45, 2.75) is 13.0 Å². The maximum absolute atomic E-state index is 11.2. The van der Waals surface area contributed by atoms with Gasteiger partial charge in [0.05, 0.1) is 5.75 Å². The molecule has 0 aliphatic heterocycles. The molecule has 0 spiro atoms. The Kier molecular flexibility index (Phi) is 3.11. The van der Waals surface area contributed by atoms with Gasteiger partial charge in [0.2, 0.25) is 0 Å². The summed E-state index contributed by atoms with van der Waals surface area (Å²) in [6.07, 6.45) is 3.13. The standard InChI is InChI=1S/C12H16N2O2S/c1-9(8-17(2,15)16)14-11-3-4-12-10(7-11)5-6-13-12/h3-7,9,13-14H,8H2,1-2H3. The molecule has 0 saturated carbocycles. The summed E-state index contributed by atoms with van der Waals surface area (Å²) in [5.41, 5.74) is 2.01. The lowest BCUT2D eigenvalue weighted by Gasteiger charge is -2.14. The molecule has 4 nitrogen and oxygen atoms in total. The van der Waals surface area contributed by atoms with Crippen molar-refractivity contribution in [2.24, 2.45) is 0 Å². The molecule has 0 bridgehead atoms. The quantitative estimate of drug-likeness (QED) is 0.875. The first-order valence-corrected chi connectivity index (χ1v) is 7.51. The lowest BCUT2D eigenvalue weighted by molar-refractivity contribution is 0.598. The molecule has 0 aliphatic carbocycles. The zero-order valence-electron chi connectivity index (χ0n) is 9.90. The summed E-state index contributed by atoms with van der Waals surface area (Å²) >= 11 is 0. The van der Waals surface area contributed by atoms with Crippen LogP contribution >= 0.6 is 0 Å². The van der Waals surface area contributed by atoms with Gasteiger partial charge < -0.3 is 10.3 Å². The second-order valence-electron chi connectivity index (χ2n) is 4.42. The maximum Gasteiger partial charge on any atom is 0.149 e. The van der Waals surface area contributed by atoms with Crippen molar-refractivity contribution >= 4 is 26.4 Å². The Morgan fingerprint density at radius 2 is 2.12 bits per heavy atom. The van der Waals surface area contributed by atoms with Gasteiger partial charge in [0.15, 0.2) is 0 Å². The molecule has 0 saturated heterocycles. The predicted molar refractivity (Wildman–Crippen MR) is 71.1 cm³/mol. The number of rotatable bonds is 4. The number of aromatic amines is 1. The van der Waals surface area contributed by atoms with E-state index in [-0.39, 0.29) is 11.8 Å². The highest BCUT2D eigenvalue weighted by Gasteiger charge is 2.10. The fourth-order valence-electron chi connectivity index (χ4n) is 1.92. The molecule has 1 heterocycles. The Bertz CT molecular complexity index is 616. The van der Waals surface area contributed by atoms with Crippen molar-refractivity contribution in [1.82, 2.24) is 4.98 Å². The number of sulfone groups is 1. The number of hydrogen-bond donors (Lipinski definition) is 2. The van der Waals surface area contributed by atoms with Crippen LogP contribution in [-0.4, -0.2) is 31.5 Å². The normalized spacial score (nSPS) is 13.8. The highest BCUT2D eigenvalue weighted by Crippen LogP contribution is 2.18. The van der Waals surface area contributed by atoms with Gasteiger partial charge in [-0.2, -0.15) is 0 Å². The van der Waals surface area contributed by atoms with Gasteiger partial charge >= 0.3 is 0 Å². The molecule has 2 rings (SSSR count). The Morgan fingerprint density at radius 1 is 1.35 bits per heavy atom. The second kappa shape index (κ2) is 4.41. The van der Waals surface area contributed by atoms with E-state index in [1.54, 1.807) is 0 Å². The topological polar surface area (TPSA) is 62.0 Å². The van der Waals surface area contributed by atoms with Crippen molar-refractivity contribution in [2.75, 3.05) is 17.3 Å². The zero-order valence-corrected chi connectivity index (χ0v) is 10.7. The van der Waals surface area contributed by atoms with Crippen LogP contribution in [0.25, 0.3) is 10.9 Å². The zero-order chi connectivity index (χ0) is 12.5. The van der Waals surface area contributed by atoms with Crippen molar-refractivity contribution in [3.8, 4) is 0 Å². The van der Waals surface area contributed by atoms with Gasteiger partial charge in [-0.15, -0.1) is 0 Å². The molecular formula is C12H16N2O2S. The molecule has 0 fully saturated rings. The van der Waals surface area contributed by atoms with Gasteiger partial charge in [-0.25, -0.2) is 8.42 Å². The largest absolute Gasteiger partial charge is 0.382 e. The molecular weight excluding hydrogens is 236 g/mol. The van der Waals surface area contributed by atoms with Crippen LogP contribution in [0.1, 0.15) is 6.92 Å². The van der Waals surface area contributed by atoms with Crippen LogP contribution in [-0.2, 0) is 9.84 Å².